The molecule has 4 aliphatic rings. The third kappa shape index (κ3) is 4.89. The number of phenols is 1. The number of ether oxygens (including phenoxy) is 1. The number of terminal acetylenes is 1. The van der Waals surface area contributed by atoms with Gasteiger partial charge in [0.15, 0.2) is 5.82 Å². The number of alkyl halides is 1. The summed E-state index contributed by atoms with van der Waals surface area (Å²) in [6, 6.07) is 5.01. The zero-order valence-electron chi connectivity index (χ0n) is 26.1. The summed E-state index contributed by atoms with van der Waals surface area (Å²) >= 11 is 0. The lowest BCUT2D eigenvalue weighted by Crippen LogP contribution is -2.58. The van der Waals surface area contributed by atoms with Crippen LogP contribution >= 0.6 is 0 Å². The molecule has 4 saturated heterocycles. The van der Waals surface area contributed by atoms with E-state index >= 15 is 8.78 Å². The fourth-order valence-electron chi connectivity index (χ4n) is 8.18. The average molecular weight is 675 g/mol. The van der Waals surface area contributed by atoms with E-state index in [0.717, 1.165) is 24.6 Å². The van der Waals surface area contributed by atoms with Gasteiger partial charge in [-0.2, -0.15) is 9.97 Å². The van der Waals surface area contributed by atoms with Crippen molar-refractivity contribution in [2.75, 3.05) is 37.7 Å². The SMILES string of the molecule is C#Cc1c(F)ccc2cc(O)cc(-c3c(F)cc4c(N5CCCC6(C5)NC(=O)NC6=O)nc(OC[C@@]56CCCN5C[C@H](F)C6)nc4c3F)c12. The number of fused-ring (bicyclic) bond motifs is 3. The summed E-state index contributed by atoms with van der Waals surface area (Å²) in [6.07, 6.45) is 7.19. The van der Waals surface area contributed by atoms with Crippen molar-refractivity contribution < 1.29 is 37.0 Å². The van der Waals surface area contributed by atoms with Crippen LogP contribution in [0, 0.1) is 29.8 Å². The molecule has 4 aliphatic heterocycles. The third-order valence-electron chi connectivity index (χ3n) is 10.3. The van der Waals surface area contributed by atoms with E-state index in [1.807, 2.05) is 4.90 Å². The highest BCUT2D eigenvalue weighted by Gasteiger charge is 2.50. The molecule has 1 unspecified atom stereocenters. The molecule has 3 aromatic carbocycles. The maximum atomic E-state index is 16.9. The summed E-state index contributed by atoms with van der Waals surface area (Å²) in [7, 11) is 0. The molecule has 5 heterocycles. The molecule has 10 nitrogen and oxygen atoms in total. The van der Waals surface area contributed by atoms with E-state index < -0.39 is 52.2 Å². The van der Waals surface area contributed by atoms with Crippen molar-refractivity contribution in [2.24, 2.45) is 0 Å². The molecule has 1 spiro atoms. The number of urea groups is 1. The zero-order valence-corrected chi connectivity index (χ0v) is 26.1. The summed E-state index contributed by atoms with van der Waals surface area (Å²) in [5.41, 5.74) is -3.25. The predicted molar refractivity (Wildman–Crippen MR) is 171 cm³/mol. The first-order valence-corrected chi connectivity index (χ1v) is 16.0. The Kier molecular flexibility index (Phi) is 7.11. The molecule has 0 saturated carbocycles. The minimum absolute atomic E-state index is 0.0200. The number of aromatic hydroxyl groups is 1. The smallest absolute Gasteiger partial charge is 0.322 e. The molecule has 14 heteroatoms. The van der Waals surface area contributed by atoms with Gasteiger partial charge in [-0.1, -0.05) is 12.0 Å². The molecular formula is C35H30F4N6O4. The number of rotatable bonds is 5. The number of nitrogens with zero attached hydrogens (tertiary/aromatic N) is 4. The van der Waals surface area contributed by atoms with Gasteiger partial charge in [-0.3, -0.25) is 15.0 Å². The molecule has 3 amide bonds. The Morgan fingerprint density at radius 2 is 1.90 bits per heavy atom. The Bertz CT molecular complexity index is 2140. The summed E-state index contributed by atoms with van der Waals surface area (Å²) < 4.78 is 68.8. The van der Waals surface area contributed by atoms with Crippen LogP contribution in [0.2, 0.25) is 0 Å². The van der Waals surface area contributed by atoms with Crippen molar-refractivity contribution in [3.05, 3.63) is 53.3 Å². The Hall–Kier alpha value is -5.16. The molecule has 0 bridgehead atoms. The van der Waals surface area contributed by atoms with Gasteiger partial charge in [0.05, 0.1) is 23.2 Å². The van der Waals surface area contributed by atoms with Crippen LogP contribution in [0.25, 0.3) is 32.8 Å². The second-order valence-corrected chi connectivity index (χ2v) is 13.3. The van der Waals surface area contributed by atoms with Crippen molar-refractivity contribution in [3.8, 4) is 35.2 Å². The van der Waals surface area contributed by atoms with Gasteiger partial charge in [-0.05, 0) is 61.9 Å². The highest BCUT2D eigenvalue weighted by atomic mass is 19.1. The van der Waals surface area contributed by atoms with Gasteiger partial charge in [0.2, 0.25) is 0 Å². The number of amides is 3. The highest BCUT2D eigenvalue weighted by molar-refractivity contribution is 6.08. The van der Waals surface area contributed by atoms with Gasteiger partial charge < -0.3 is 20.1 Å². The van der Waals surface area contributed by atoms with Crippen molar-refractivity contribution in [3.63, 3.8) is 0 Å². The number of anilines is 1. The van der Waals surface area contributed by atoms with E-state index in [1.165, 1.54) is 12.1 Å². The maximum Gasteiger partial charge on any atom is 0.322 e. The molecule has 3 N–H and O–H groups in total. The molecule has 8 rings (SSSR count). The fraction of sp³-hybridized carbons (Fsp3) is 0.371. The van der Waals surface area contributed by atoms with Crippen molar-refractivity contribution >= 4 is 39.4 Å². The van der Waals surface area contributed by atoms with Crippen molar-refractivity contribution in [1.29, 1.82) is 0 Å². The molecule has 1 aromatic heterocycles. The number of benzene rings is 3. The van der Waals surface area contributed by atoms with Crippen molar-refractivity contribution in [1.82, 2.24) is 25.5 Å². The molecule has 0 radical (unpaired) electrons. The topological polar surface area (TPSA) is 120 Å². The lowest BCUT2D eigenvalue weighted by molar-refractivity contribution is -0.124. The Morgan fingerprint density at radius 1 is 1.08 bits per heavy atom. The summed E-state index contributed by atoms with van der Waals surface area (Å²) in [5, 5.41) is 15.7. The zero-order chi connectivity index (χ0) is 34.2. The number of carbonyl (C=O) groups excluding carboxylic acids is 2. The highest BCUT2D eigenvalue weighted by Crippen LogP contribution is 2.43. The first-order chi connectivity index (χ1) is 23.5. The predicted octanol–water partition coefficient (Wildman–Crippen LogP) is 4.69. The van der Waals surface area contributed by atoms with Gasteiger partial charge in [0.25, 0.3) is 5.91 Å². The van der Waals surface area contributed by atoms with E-state index in [4.69, 9.17) is 11.2 Å². The first-order valence-electron chi connectivity index (χ1n) is 16.0. The first kappa shape index (κ1) is 31.1. The Morgan fingerprint density at radius 3 is 2.67 bits per heavy atom. The molecule has 49 heavy (non-hydrogen) atoms. The number of halogens is 4. The number of phenolic OH excluding ortho intramolecular Hbond substituents is 1. The fourth-order valence-corrected chi connectivity index (χ4v) is 8.18. The lowest BCUT2D eigenvalue weighted by atomic mass is 9.89. The Balaban J connectivity index is 1.31. The number of piperidine rings is 1. The van der Waals surface area contributed by atoms with Crippen LogP contribution in [-0.2, 0) is 4.79 Å². The van der Waals surface area contributed by atoms with E-state index in [-0.39, 0.29) is 76.5 Å². The van der Waals surface area contributed by atoms with Crippen LogP contribution < -0.4 is 20.3 Å². The summed E-state index contributed by atoms with van der Waals surface area (Å²) in [5.74, 6) is -1.54. The number of nitrogens with one attached hydrogen (secondary N) is 2. The van der Waals surface area contributed by atoms with Gasteiger partial charge >= 0.3 is 12.0 Å². The van der Waals surface area contributed by atoms with Crippen LogP contribution in [0.5, 0.6) is 11.8 Å². The van der Waals surface area contributed by atoms with Crippen LogP contribution in [-0.4, -0.2) is 81.9 Å². The van der Waals surface area contributed by atoms with E-state index in [2.05, 4.69) is 26.5 Å². The molecule has 252 valence electrons. The van der Waals surface area contributed by atoms with Gasteiger partial charge in [0.1, 0.15) is 47.0 Å². The molecule has 4 fully saturated rings. The third-order valence-corrected chi connectivity index (χ3v) is 10.3. The second kappa shape index (κ2) is 11.2. The number of imide groups is 1. The van der Waals surface area contributed by atoms with Gasteiger partial charge in [0, 0.05) is 35.8 Å². The van der Waals surface area contributed by atoms with Crippen LogP contribution in [0.3, 0.4) is 0 Å². The largest absolute Gasteiger partial charge is 0.508 e. The number of aromatic nitrogens is 2. The van der Waals surface area contributed by atoms with Crippen LogP contribution in [0.4, 0.5) is 28.2 Å². The molecule has 0 aliphatic carbocycles. The van der Waals surface area contributed by atoms with Gasteiger partial charge in [-0.15, -0.1) is 6.42 Å². The second-order valence-electron chi connectivity index (χ2n) is 13.3. The quantitative estimate of drug-likeness (QED) is 0.159. The number of carbonyl (C=O) groups is 2. The Labute approximate surface area is 277 Å². The normalized spacial score (nSPS) is 25.2. The summed E-state index contributed by atoms with van der Waals surface area (Å²) in [6.45, 7) is 1.30. The lowest BCUT2D eigenvalue weighted by Gasteiger charge is -2.39. The average Bonchev–Trinajstić information content (AvgIpc) is 3.68. The van der Waals surface area contributed by atoms with E-state index in [1.54, 1.807) is 4.90 Å². The van der Waals surface area contributed by atoms with Crippen LogP contribution in [0.1, 0.15) is 37.7 Å². The molecule has 3 atom stereocenters. The maximum absolute atomic E-state index is 16.9. The number of hydrogen-bond donors (Lipinski definition) is 3. The molecule has 4 aromatic rings. The minimum atomic E-state index is -1.29. The van der Waals surface area contributed by atoms with E-state index in [9.17, 15) is 23.5 Å². The monoisotopic (exact) mass is 674 g/mol. The van der Waals surface area contributed by atoms with Crippen LogP contribution in [0.15, 0.2) is 30.3 Å². The minimum Gasteiger partial charge on any atom is -0.508 e. The molecular weight excluding hydrogens is 644 g/mol. The van der Waals surface area contributed by atoms with Crippen molar-refractivity contribution in [2.45, 2.75) is 49.4 Å². The standard InChI is InChI=1S/C35H30F4N6O4/c1-2-21-24(37)6-5-18-11-20(46)12-22(26(18)21)27-25(38)13-23-29(28(27)39)40-33(49-17-34-7-3-10-45(34)15-19(36)14-34)41-30(23)44-9-4-8-35(16-44)31(47)42-32(48)43-35/h1,5-6,11-13,19,46H,3-4,7-10,14-17H2,(H2,42,43,47,48)/t19-,34+,35?/m1/s1. The summed E-state index contributed by atoms with van der Waals surface area (Å²) in [4.78, 5) is 37.7. The number of hydrogen-bond acceptors (Lipinski definition) is 8. The van der Waals surface area contributed by atoms with Gasteiger partial charge in [-0.25, -0.2) is 22.4 Å². The van der Waals surface area contributed by atoms with E-state index in [0.29, 0.717) is 32.4 Å².